The van der Waals surface area contributed by atoms with Gasteiger partial charge in [0.25, 0.3) is 5.91 Å². The fraction of sp³-hybridized carbons (Fsp3) is 0.176. The molecule has 0 N–H and O–H groups in total. The van der Waals surface area contributed by atoms with Crippen molar-refractivity contribution in [3.8, 4) is 0 Å². The molecule has 0 saturated carbocycles. The third kappa shape index (κ3) is 2.48. The Morgan fingerprint density at radius 1 is 0.957 bits per heavy atom. The van der Waals surface area contributed by atoms with Crippen molar-refractivity contribution in [1.29, 1.82) is 0 Å². The molecule has 114 valence electrons. The van der Waals surface area contributed by atoms with Crippen LogP contribution >= 0.6 is 0 Å². The number of amides is 1. The average molecular weight is 305 g/mol. The van der Waals surface area contributed by atoms with Crippen molar-refractivity contribution in [3.05, 3.63) is 66.2 Å². The highest BCUT2D eigenvalue weighted by molar-refractivity contribution is 5.96. The van der Waals surface area contributed by atoms with E-state index in [1.165, 1.54) is 5.01 Å². The second kappa shape index (κ2) is 5.64. The molecule has 0 bridgehead atoms. The van der Waals surface area contributed by atoms with E-state index in [4.69, 9.17) is 0 Å². The minimum atomic E-state index is -0.392. The molecule has 6 heteroatoms. The van der Waals surface area contributed by atoms with E-state index in [1.807, 2.05) is 60.7 Å². The van der Waals surface area contributed by atoms with E-state index in [0.29, 0.717) is 6.54 Å². The summed E-state index contributed by atoms with van der Waals surface area (Å²) in [5, 5.41) is 15.9. The number of nitrogens with zero attached hydrogens (tertiary/aromatic N) is 5. The van der Waals surface area contributed by atoms with Gasteiger partial charge in [-0.2, -0.15) is 5.10 Å². The molecule has 2 aliphatic rings. The lowest BCUT2D eigenvalue weighted by atomic mass is 10.1. The molecule has 0 fully saturated rings. The first-order chi connectivity index (χ1) is 11.3. The van der Waals surface area contributed by atoms with Gasteiger partial charge in [0.15, 0.2) is 6.17 Å². The van der Waals surface area contributed by atoms with Crippen molar-refractivity contribution in [1.82, 2.24) is 5.01 Å². The molecule has 0 spiro atoms. The van der Waals surface area contributed by atoms with Crippen LogP contribution in [0.2, 0.25) is 0 Å². The summed E-state index contributed by atoms with van der Waals surface area (Å²) in [4.78, 5) is 12.6. The highest BCUT2D eigenvalue weighted by Gasteiger charge is 2.42. The second-order valence-electron chi connectivity index (χ2n) is 5.47. The van der Waals surface area contributed by atoms with Crippen LogP contribution in [0.5, 0.6) is 0 Å². The van der Waals surface area contributed by atoms with Crippen molar-refractivity contribution in [2.75, 3.05) is 5.01 Å². The van der Waals surface area contributed by atoms with E-state index in [2.05, 4.69) is 15.4 Å². The van der Waals surface area contributed by atoms with E-state index in [1.54, 1.807) is 11.2 Å². The number of hydrogen-bond donors (Lipinski definition) is 0. The zero-order valence-electron chi connectivity index (χ0n) is 12.4. The Hall–Kier alpha value is -3.02. The number of para-hydroxylation sites is 1. The van der Waals surface area contributed by atoms with Crippen LogP contribution in [0.3, 0.4) is 0 Å². The summed E-state index contributed by atoms with van der Waals surface area (Å²) in [7, 11) is 0. The van der Waals surface area contributed by atoms with E-state index in [0.717, 1.165) is 11.3 Å². The van der Waals surface area contributed by atoms with Gasteiger partial charge in [0, 0.05) is 6.21 Å². The second-order valence-corrected chi connectivity index (χ2v) is 5.47. The molecule has 0 aromatic heterocycles. The molecule has 23 heavy (non-hydrogen) atoms. The average Bonchev–Trinajstić information content (AvgIpc) is 3.04. The van der Waals surface area contributed by atoms with Crippen LogP contribution in [-0.2, 0) is 11.3 Å². The molecule has 2 atom stereocenters. The van der Waals surface area contributed by atoms with Gasteiger partial charge < -0.3 is 0 Å². The molecule has 2 aromatic carbocycles. The largest absolute Gasteiger partial charge is 0.272 e. The number of hydrogen-bond acceptors (Lipinski definition) is 5. The molecule has 1 amide bonds. The van der Waals surface area contributed by atoms with Gasteiger partial charge in [-0.25, -0.2) is 10.0 Å². The van der Waals surface area contributed by atoms with Gasteiger partial charge in [-0.3, -0.25) is 4.79 Å². The molecule has 2 unspecified atom stereocenters. The van der Waals surface area contributed by atoms with Gasteiger partial charge in [-0.1, -0.05) is 53.8 Å². The lowest BCUT2D eigenvalue weighted by Crippen LogP contribution is -2.44. The molecule has 0 radical (unpaired) electrons. The standard InChI is InChI=1S/C17H15N5O/c23-17-15-11-18-22(14-9-5-2-6-10-14)16(15)19-20-21(17)12-13-7-3-1-4-8-13/h1-11,15-16H,12H2. The van der Waals surface area contributed by atoms with Crippen LogP contribution in [0.4, 0.5) is 5.69 Å². The summed E-state index contributed by atoms with van der Waals surface area (Å²) >= 11 is 0. The zero-order valence-corrected chi connectivity index (χ0v) is 12.4. The van der Waals surface area contributed by atoms with Gasteiger partial charge >= 0.3 is 0 Å². The minimum Gasteiger partial charge on any atom is -0.272 e. The number of carbonyl (C=O) groups is 1. The fourth-order valence-electron chi connectivity index (χ4n) is 2.75. The molecular weight excluding hydrogens is 290 g/mol. The van der Waals surface area contributed by atoms with E-state index >= 15 is 0 Å². The maximum absolute atomic E-state index is 12.6. The number of carbonyl (C=O) groups excluding carboxylic acids is 1. The maximum Gasteiger partial charge on any atom is 0.257 e. The number of anilines is 1. The first-order valence-corrected chi connectivity index (χ1v) is 7.47. The summed E-state index contributed by atoms with van der Waals surface area (Å²) in [5.41, 5.74) is 1.92. The van der Waals surface area contributed by atoms with Crippen molar-refractivity contribution in [2.45, 2.75) is 12.7 Å². The first-order valence-electron chi connectivity index (χ1n) is 7.47. The highest BCUT2D eigenvalue weighted by Crippen LogP contribution is 2.30. The fourth-order valence-corrected chi connectivity index (χ4v) is 2.75. The Morgan fingerprint density at radius 2 is 1.65 bits per heavy atom. The van der Waals surface area contributed by atoms with Gasteiger partial charge in [0.1, 0.15) is 5.92 Å². The van der Waals surface area contributed by atoms with E-state index in [-0.39, 0.29) is 5.91 Å². The summed E-state index contributed by atoms with van der Waals surface area (Å²) in [6.45, 7) is 0.422. The Bertz CT molecular complexity index is 759. The number of rotatable bonds is 3. The van der Waals surface area contributed by atoms with Crippen LogP contribution < -0.4 is 5.01 Å². The summed E-state index contributed by atoms with van der Waals surface area (Å²) in [6, 6.07) is 19.4. The van der Waals surface area contributed by atoms with Crippen LogP contribution in [0.1, 0.15) is 5.56 Å². The quantitative estimate of drug-likeness (QED) is 0.875. The Balaban J connectivity index is 1.56. The van der Waals surface area contributed by atoms with Gasteiger partial charge in [0.2, 0.25) is 0 Å². The molecule has 6 nitrogen and oxygen atoms in total. The third-order valence-corrected chi connectivity index (χ3v) is 3.94. The minimum absolute atomic E-state index is 0.0731. The van der Waals surface area contributed by atoms with Crippen molar-refractivity contribution >= 4 is 17.8 Å². The molecule has 2 heterocycles. The van der Waals surface area contributed by atoms with E-state index in [9.17, 15) is 4.79 Å². The highest BCUT2D eigenvalue weighted by atomic mass is 16.2. The van der Waals surface area contributed by atoms with Gasteiger partial charge in [0.05, 0.1) is 12.2 Å². The van der Waals surface area contributed by atoms with Gasteiger partial charge in [-0.05, 0) is 17.7 Å². The van der Waals surface area contributed by atoms with Crippen molar-refractivity contribution in [3.63, 3.8) is 0 Å². The predicted molar refractivity (Wildman–Crippen MR) is 86.5 cm³/mol. The third-order valence-electron chi connectivity index (χ3n) is 3.94. The van der Waals surface area contributed by atoms with Crippen LogP contribution in [-0.4, -0.2) is 23.3 Å². The van der Waals surface area contributed by atoms with Crippen LogP contribution in [0.25, 0.3) is 0 Å². The molecule has 2 aromatic rings. The summed E-state index contributed by atoms with van der Waals surface area (Å²) < 4.78 is 0. The molecule has 2 aliphatic heterocycles. The Morgan fingerprint density at radius 3 is 2.39 bits per heavy atom. The lowest BCUT2D eigenvalue weighted by molar-refractivity contribution is -0.136. The monoisotopic (exact) mass is 305 g/mol. The summed E-state index contributed by atoms with van der Waals surface area (Å²) in [6.07, 6.45) is 1.27. The normalized spacial score (nSPS) is 22.5. The Kier molecular flexibility index (Phi) is 3.34. The van der Waals surface area contributed by atoms with E-state index < -0.39 is 12.1 Å². The molecule has 0 saturated heterocycles. The number of fused-ring (bicyclic) bond motifs is 1. The molecular formula is C17H15N5O. The van der Waals surface area contributed by atoms with Crippen LogP contribution in [0, 0.1) is 5.92 Å². The Labute approximate surface area is 133 Å². The predicted octanol–water partition coefficient (Wildman–Crippen LogP) is 2.84. The lowest BCUT2D eigenvalue weighted by Gasteiger charge is -2.29. The van der Waals surface area contributed by atoms with Crippen molar-refractivity contribution < 1.29 is 4.79 Å². The maximum atomic E-state index is 12.6. The number of hydrazone groups is 1. The summed E-state index contributed by atoms with van der Waals surface area (Å²) in [5.74, 6) is -0.465. The zero-order chi connectivity index (χ0) is 15.6. The van der Waals surface area contributed by atoms with Gasteiger partial charge in [-0.15, -0.1) is 5.11 Å². The topological polar surface area (TPSA) is 60.6 Å². The smallest absolute Gasteiger partial charge is 0.257 e. The molecule has 0 aliphatic carbocycles. The SMILES string of the molecule is O=C1C2C=NN(c3ccccc3)C2N=NN1Cc1ccccc1. The van der Waals surface area contributed by atoms with Crippen LogP contribution in [0.15, 0.2) is 76.1 Å². The molecule has 4 rings (SSSR count). The number of benzene rings is 2. The van der Waals surface area contributed by atoms with Crippen molar-refractivity contribution in [2.24, 2.45) is 21.4 Å². The first kappa shape index (κ1) is 13.6.